The van der Waals surface area contributed by atoms with Crippen LogP contribution in [-0.4, -0.2) is 25.2 Å². The Morgan fingerprint density at radius 3 is 2.62 bits per heavy atom. The molecule has 0 saturated heterocycles. The van der Waals surface area contributed by atoms with Gasteiger partial charge >= 0.3 is 0 Å². The van der Waals surface area contributed by atoms with Gasteiger partial charge in [0.15, 0.2) is 5.69 Å². The Balaban J connectivity index is 2.02. The number of hydrogen-bond acceptors (Lipinski definition) is 6. The van der Waals surface area contributed by atoms with E-state index in [4.69, 9.17) is 5.26 Å². The van der Waals surface area contributed by atoms with Crippen molar-refractivity contribution in [1.29, 1.82) is 5.26 Å². The summed E-state index contributed by atoms with van der Waals surface area (Å²) in [5, 5.41) is 26.3. The lowest BCUT2D eigenvalue weighted by molar-refractivity contribution is 0.627. The number of nitriles is 1. The van der Waals surface area contributed by atoms with Crippen molar-refractivity contribution in [2.24, 2.45) is 0 Å². The predicted octanol–water partition coefficient (Wildman–Crippen LogP) is 2.03. The van der Waals surface area contributed by atoms with Crippen LogP contribution < -0.4 is 0 Å². The first-order chi connectivity index (χ1) is 10.2. The van der Waals surface area contributed by atoms with Gasteiger partial charge in [0, 0.05) is 6.42 Å². The molecular formula is C13H9FN6S. The topological polar surface area (TPSA) is 80.3 Å². The lowest BCUT2D eigenvalue weighted by Crippen LogP contribution is -2.04. The van der Waals surface area contributed by atoms with E-state index in [-0.39, 0.29) is 11.5 Å². The number of hydrogen-bond donors (Lipinski definition) is 0. The fraction of sp³-hybridized carbons (Fsp3) is 0.154. The molecule has 8 heteroatoms. The second-order valence-electron chi connectivity index (χ2n) is 4.32. The Morgan fingerprint density at radius 2 is 2.00 bits per heavy atom. The molecule has 0 fully saturated rings. The van der Waals surface area contributed by atoms with Crippen molar-refractivity contribution in [2.75, 3.05) is 0 Å². The van der Waals surface area contributed by atoms with Crippen molar-refractivity contribution in [2.45, 2.75) is 13.3 Å². The van der Waals surface area contributed by atoms with Crippen LogP contribution in [0.2, 0.25) is 0 Å². The average Bonchev–Trinajstić information content (AvgIpc) is 3.07. The van der Waals surface area contributed by atoms with Crippen molar-refractivity contribution in [3.63, 3.8) is 0 Å². The Morgan fingerprint density at radius 1 is 1.24 bits per heavy atom. The highest BCUT2D eigenvalue weighted by atomic mass is 32.1. The number of benzene rings is 1. The molecule has 2 aromatic heterocycles. The summed E-state index contributed by atoms with van der Waals surface area (Å²) in [6, 6.07) is 8.10. The second kappa shape index (κ2) is 5.38. The van der Waals surface area contributed by atoms with Crippen LogP contribution in [0.5, 0.6) is 0 Å². The summed E-state index contributed by atoms with van der Waals surface area (Å²) in [5.74, 6) is -0.300. The summed E-state index contributed by atoms with van der Waals surface area (Å²) in [4.78, 5) is 0. The summed E-state index contributed by atoms with van der Waals surface area (Å²) in [5.41, 5.74) is 1.70. The number of halogens is 1. The molecular weight excluding hydrogens is 291 g/mol. The first-order valence-electron chi connectivity index (χ1n) is 6.07. The SMILES string of the molecule is Cc1nnc(-n2nnc(C#N)c2Cc2ccc(F)cc2)s1. The van der Waals surface area contributed by atoms with Crippen LogP contribution in [-0.2, 0) is 6.42 Å². The zero-order chi connectivity index (χ0) is 14.8. The Hall–Kier alpha value is -2.66. The van der Waals surface area contributed by atoms with E-state index in [1.54, 1.807) is 12.1 Å². The molecule has 0 aliphatic heterocycles. The molecule has 104 valence electrons. The molecule has 2 heterocycles. The van der Waals surface area contributed by atoms with Crippen LogP contribution in [0.15, 0.2) is 24.3 Å². The molecule has 0 saturated carbocycles. The first-order valence-corrected chi connectivity index (χ1v) is 6.88. The second-order valence-corrected chi connectivity index (χ2v) is 5.48. The van der Waals surface area contributed by atoms with Crippen molar-refractivity contribution in [3.05, 3.63) is 52.0 Å². The largest absolute Gasteiger partial charge is 0.234 e. The fourth-order valence-electron chi connectivity index (χ4n) is 1.87. The number of aromatic nitrogens is 5. The highest BCUT2D eigenvalue weighted by Gasteiger charge is 2.17. The third-order valence-electron chi connectivity index (χ3n) is 2.85. The third-order valence-corrected chi connectivity index (χ3v) is 3.66. The molecule has 0 atom stereocenters. The number of aryl methyl sites for hydroxylation is 1. The third kappa shape index (κ3) is 2.64. The van der Waals surface area contributed by atoms with Gasteiger partial charge < -0.3 is 0 Å². The summed E-state index contributed by atoms with van der Waals surface area (Å²) >= 11 is 1.36. The Kier molecular flexibility index (Phi) is 3.41. The molecule has 0 N–H and O–H groups in total. The van der Waals surface area contributed by atoms with Gasteiger partial charge in [0.1, 0.15) is 16.9 Å². The van der Waals surface area contributed by atoms with E-state index >= 15 is 0 Å². The van der Waals surface area contributed by atoms with Crippen molar-refractivity contribution >= 4 is 11.3 Å². The predicted molar refractivity (Wildman–Crippen MR) is 73.5 cm³/mol. The average molecular weight is 300 g/mol. The first kappa shape index (κ1) is 13.3. The number of nitrogens with zero attached hydrogens (tertiary/aromatic N) is 6. The normalized spacial score (nSPS) is 10.5. The molecule has 0 radical (unpaired) electrons. The number of rotatable bonds is 3. The van der Waals surface area contributed by atoms with E-state index in [2.05, 4.69) is 20.5 Å². The van der Waals surface area contributed by atoms with Gasteiger partial charge in [-0.15, -0.1) is 15.3 Å². The van der Waals surface area contributed by atoms with Gasteiger partial charge in [-0.05, 0) is 24.6 Å². The molecule has 0 unspecified atom stereocenters. The minimum atomic E-state index is -0.300. The smallest absolute Gasteiger partial charge is 0.207 e. The van der Waals surface area contributed by atoms with Crippen LogP contribution in [0.25, 0.3) is 5.13 Å². The molecule has 3 aromatic rings. The minimum absolute atomic E-state index is 0.229. The van der Waals surface area contributed by atoms with E-state index in [1.807, 2.05) is 13.0 Å². The van der Waals surface area contributed by atoms with Crippen LogP contribution in [0, 0.1) is 24.1 Å². The monoisotopic (exact) mass is 300 g/mol. The molecule has 21 heavy (non-hydrogen) atoms. The summed E-state index contributed by atoms with van der Waals surface area (Å²) < 4.78 is 14.5. The standard InChI is InChI=1S/C13H9FN6S/c1-8-16-18-13(21-8)20-12(11(7-15)17-19-20)6-9-2-4-10(14)5-3-9/h2-5H,6H2,1H3. The maximum atomic E-state index is 13.0. The molecule has 6 nitrogen and oxygen atoms in total. The summed E-state index contributed by atoms with van der Waals surface area (Å²) in [7, 11) is 0. The molecule has 0 spiro atoms. The molecule has 0 bridgehead atoms. The minimum Gasteiger partial charge on any atom is -0.207 e. The van der Waals surface area contributed by atoms with Crippen molar-refractivity contribution in [3.8, 4) is 11.2 Å². The van der Waals surface area contributed by atoms with Gasteiger partial charge in [-0.2, -0.15) is 9.94 Å². The summed E-state index contributed by atoms with van der Waals surface area (Å²) in [6.45, 7) is 1.84. The quantitative estimate of drug-likeness (QED) is 0.739. The lowest BCUT2D eigenvalue weighted by Gasteiger charge is -2.03. The van der Waals surface area contributed by atoms with Gasteiger partial charge in [-0.1, -0.05) is 28.7 Å². The van der Waals surface area contributed by atoms with E-state index < -0.39 is 0 Å². The molecule has 3 rings (SSSR count). The molecule has 0 amide bonds. The highest BCUT2D eigenvalue weighted by molar-refractivity contribution is 7.13. The van der Waals surface area contributed by atoms with E-state index in [0.717, 1.165) is 10.6 Å². The Labute approximate surface area is 123 Å². The maximum Gasteiger partial charge on any atom is 0.234 e. The van der Waals surface area contributed by atoms with Crippen LogP contribution in [0.4, 0.5) is 4.39 Å². The zero-order valence-corrected chi connectivity index (χ0v) is 11.8. The van der Waals surface area contributed by atoms with E-state index in [1.165, 1.54) is 28.2 Å². The van der Waals surface area contributed by atoms with Crippen molar-refractivity contribution < 1.29 is 4.39 Å². The fourth-order valence-corrected chi connectivity index (χ4v) is 2.53. The van der Waals surface area contributed by atoms with Crippen LogP contribution >= 0.6 is 11.3 Å². The van der Waals surface area contributed by atoms with Gasteiger partial charge in [0.05, 0.1) is 5.69 Å². The van der Waals surface area contributed by atoms with E-state index in [9.17, 15) is 4.39 Å². The Bertz CT molecular complexity index is 814. The van der Waals surface area contributed by atoms with Gasteiger partial charge in [0.25, 0.3) is 0 Å². The molecule has 0 aliphatic rings. The summed E-state index contributed by atoms with van der Waals surface area (Å²) in [6.07, 6.45) is 0.412. The van der Waals surface area contributed by atoms with Gasteiger partial charge in [-0.25, -0.2) is 4.39 Å². The highest BCUT2D eigenvalue weighted by Crippen LogP contribution is 2.19. The van der Waals surface area contributed by atoms with Crippen LogP contribution in [0.3, 0.4) is 0 Å². The zero-order valence-electron chi connectivity index (χ0n) is 11.0. The maximum absolute atomic E-state index is 13.0. The van der Waals surface area contributed by atoms with Gasteiger partial charge in [-0.3, -0.25) is 0 Å². The van der Waals surface area contributed by atoms with Crippen LogP contribution in [0.1, 0.15) is 22.0 Å². The van der Waals surface area contributed by atoms with Crippen molar-refractivity contribution in [1.82, 2.24) is 25.2 Å². The molecule has 1 aromatic carbocycles. The molecule has 0 aliphatic carbocycles. The van der Waals surface area contributed by atoms with Gasteiger partial charge in [0.2, 0.25) is 5.13 Å². The lowest BCUT2D eigenvalue weighted by atomic mass is 10.1. The van der Waals surface area contributed by atoms with E-state index in [0.29, 0.717) is 17.2 Å².